The van der Waals surface area contributed by atoms with Crippen LogP contribution in [0.2, 0.25) is 0 Å². The standard InChI is InChI=1S/C15H19FO4/c1-19-9-10-12(16)6-5-11(13(10)20-2)15(14(17)18)7-3-4-8-15/h5-6H,3-4,7-9H2,1-2H3,(H,17,18). The Bertz CT molecular complexity index is 507. The van der Waals surface area contributed by atoms with Crippen LogP contribution in [0.15, 0.2) is 12.1 Å². The van der Waals surface area contributed by atoms with E-state index in [4.69, 9.17) is 9.47 Å². The normalized spacial score (nSPS) is 17.1. The summed E-state index contributed by atoms with van der Waals surface area (Å²) in [6, 6.07) is 2.84. The highest BCUT2D eigenvalue weighted by Crippen LogP contribution is 2.46. The predicted molar refractivity (Wildman–Crippen MR) is 71.4 cm³/mol. The van der Waals surface area contributed by atoms with E-state index in [1.165, 1.54) is 26.4 Å². The largest absolute Gasteiger partial charge is 0.496 e. The van der Waals surface area contributed by atoms with Gasteiger partial charge in [0.25, 0.3) is 0 Å². The molecule has 0 amide bonds. The molecule has 0 aliphatic heterocycles. The molecule has 0 atom stereocenters. The fourth-order valence-electron chi connectivity index (χ4n) is 3.07. The molecule has 0 bridgehead atoms. The van der Waals surface area contributed by atoms with Crippen LogP contribution in [0.4, 0.5) is 4.39 Å². The fraction of sp³-hybridized carbons (Fsp3) is 0.533. The van der Waals surface area contributed by atoms with Crippen LogP contribution in [0.1, 0.15) is 36.8 Å². The van der Waals surface area contributed by atoms with Gasteiger partial charge in [0.1, 0.15) is 11.6 Å². The van der Waals surface area contributed by atoms with Crippen LogP contribution in [-0.4, -0.2) is 25.3 Å². The monoisotopic (exact) mass is 282 g/mol. The molecule has 1 saturated carbocycles. The van der Waals surface area contributed by atoms with E-state index in [1.54, 1.807) is 0 Å². The average molecular weight is 282 g/mol. The molecule has 0 aromatic heterocycles. The van der Waals surface area contributed by atoms with Gasteiger partial charge in [-0.1, -0.05) is 18.9 Å². The highest BCUT2D eigenvalue weighted by molar-refractivity contribution is 5.83. The summed E-state index contributed by atoms with van der Waals surface area (Å²) < 4.78 is 24.2. The van der Waals surface area contributed by atoms with Crippen LogP contribution in [0.5, 0.6) is 5.75 Å². The Balaban J connectivity index is 2.61. The number of carbonyl (C=O) groups is 1. The minimum absolute atomic E-state index is 0.0541. The number of aliphatic carboxylic acids is 1. The number of carboxylic acid groups (broad SMARTS) is 1. The van der Waals surface area contributed by atoms with Gasteiger partial charge in [-0.15, -0.1) is 0 Å². The molecule has 4 nitrogen and oxygen atoms in total. The third-order valence-corrected chi connectivity index (χ3v) is 4.08. The summed E-state index contributed by atoms with van der Waals surface area (Å²) in [5.74, 6) is -1.01. The molecule has 0 saturated heterocycles. The Labute approximate surface area is 117 Å². The topological polar surface area (TPSA) is 55.8 Å². The van der Waals surface area contributed by atoms with Crippen molar-refractivity contribution in [3.8, 4) is 5.75 Å². The first kappa shape index (κ1) is 14.8. The van der Waals surface area contributed by atoms with Gasteiger partial charge in [-0.2, -0.15) is 0 Å². The van der Waals surface area contributed by atoms with Gasteiger partial charge < -0.3 is 14.6 Å². The molecular formula is C15H19FO4. The molecule has 20 heavy (non-hydrogen) atoms. The summed E-state index contributed by atoms with van der Waals surface area (Å²) in [7, 11) is 2.90. The Kier molecular flexibility index (Phi) is 4.28. The van der Waals surface area contributed by atoms with E-state index in [-0.39, 0.29) is 12.2 Å². The Morgan fingerprint density at radius 2 is 2.00 bits per heavy atom. The Hall–Kier alpha value is -1.62. The number of benzene rings is 1. The molecule has 0 heterocycles. The van der Waals surface area contributed by atoms with Crippen LogP contribution in [0.3, 0.4) is 0 Å². The molecule has 0 unspecified atom stereocenters. The second kappa shape index (κ2) is 5.79. The second-order valence-electron chi connectivity index (χ2n) is 5.13. The second-order valence-corrected chi connectivity index (χ2v) is 5.13. The molecule has 0 spiro atoms. The van der Waals surface area contributed by atoms with Crippen molar-refractivity contribution in [1.29, 1.82) is 0 Å². The molecule has 1 aromatic carbocycles. The molecule has 110 valence electrons. The first-order valence-corrected chi connectivity index (χ1v) is 6.65. The molecule has 1 aromatic rings. The van der Waals surface area contributed by atoms with Gasteiger partial charge in [0.15, 0.2) is 0 Å². The first-order chi connectivity index (χ1) is 9.56. The highest BCUT2D eigenvalue weighted by atomic mass is 19.1. The lowest BCUT2D eigenvalue weighted by Gasteiger charge is -2.27. The molecule has 2 rings (SSSR count). The van der Waals surface area contributed by atoms with Crippen molar-refractivity contribution in [3.63, 3.8) is 0 Å². The zero-order valence-electron chi connectivity index (χ0n) is 11.7. The quantitative estimate of drug-likeness (QED) is 0.902. The van der Waals surface area contributed by atoms with Crippen LogP contribution in [0, 0.1) is 5.82 Å². The first-order valence-electron chi connectivity index (χ1n) is 6.65. The number of ether oxygens (including phenoxy) is 2. The van der Waals surface area contributed by atoms with E-state index >= 15 is 0 Å². The van der Waals surface area contributed by atoms with E-state index in [0.717, 1.165) is 12.8 Å². The third kappa shape index (κ3) is 2.26. The van der Waals surface area contributed by atoms with Crippen molar-refractivity contribution in [2.75, 3.05) is 14.2 Å². The number of carboxylic acids is 1. The lowest BCUT2D eigenvalue weighted by Crippen LogP contribution is -2.33. The average Bonchev–Trinajstić information content (AvgIpc) is 2.91. The minimum Gasteiger partial charge on any atom is -0.496 e. The van der Waals surface area contributed by atoms with E-state index in [2.05, 4.69) is 0 Å². The van der Waals surface area contributed by atoms with E-state index in [9.17, 15) is 14.3 Å². The molecule has 0 radical (unpaired) electrons. The van der Waals surface area contributed by atoms with Crippen molar-refractivity contribution in [3.05, 3.63) is 29.1 Å². The molecule has 5 heteroatoms. The van der Waals surface area contributed by atoms with E-state index < -0.39 is 17.2 Å². The summed E-state index contributed by atoms with van der Waals surface area (Å²) in [4.78, 5) is 11.8. The summed E-state index contributed by atoms with van der Waals surface area (Å²) in [5, 5.41) is 9.65. The zero-order chi connectivity index (χ0) is 14.8. The molecule has 1 aliphatic carbocycles. The number of halogens is 1. The zero-order valence-corrected chi connectivity index (χ0v) is 11.7. The smallest absolute Gasteiger partial charge is 0.314 e. The Morgan fingerprint density at radius 3 is 2.50 bits per heavy atom. The van der Waals surface area contributed by atoms with E-state index in [1.807, 2.05) is 0 Å². The van der Waals surface area contributed by atoms with Crippen LogP contribution in [-0.2, 0) is 21.6 Å². The fourth-order valence-corrected chi connectivity index (χ4v) is 3.07. The molecule has 1 fully saturated rings. The van der Waals surface area contributed by atoms with Crippen LogP contribution in [0.25, 0.3) is 0 Å². The summed E-state index contributed by atoms with van der Waals surface area (Å²) in [6.45, 7) is 0.0541. The molecule has 1 aliphatic rings. The summed E-state index contributed by atoms with van der Waals surface area (Å²) in [5.41, 5.74) is -0.139. The van der Waals surface area contributed by atoms with Gasteiger partial charge in [0, 0.05) is 12.7 Å². The maximum absolute atomic E-state index is 13.9. The van der Waals surface area contributed by atoms with Gasteiger partial charge in [0.05, 0.1) is 24.7 Å². The highest BCUT2D eigenvalue weighted by Gasteiger charge is 2.45. The van der Waals surface area contributed by atoms with Crippen LogP contribution >= 0.6 is 0 Å². The number of methoxy groups -OCH3 is 2. The van der Waals surface area contributed by atoms with Crippen molar-refractivity contribution < 1.29 is 23.8 Å². The molecular weight excluding hydrogens is 263 g/mol. The van der Waals surface area contributed by atoms with Crippen molar-refractivity contribution in [2.24, 2.45) is 0 Å². The third-order valence-electron chi connectivity index (χ3n) is 4.08. The van der Waals surface area contributed by atoms with Gasteiger partial charge in [-0.25, -0.2) is 4.39 Å². The lowest BCUT2D eigenvalue weighted by molar-refractivity contribution is -0.143. The number of rotatable bonds is 5. The van der Waals surface area contributed by atoms with Crippen molar-refractivity contribution >= 4 is 5.97 Å². The van der Waals surface area contributed by atoms with E-state index in [0.29, 0.717) is 24.2 Å². The van der Waals surface area contributed by atoms with Gasteiger partial charge >= 0.3 is 5.97 Å². The maximum atomic E-state index is 13.9. The molecule has 1 N–H and O–H groups in total. The predicted octanol–water partition coefficient (Wildman–Crippen LogP) is 2.88. The lowest BCUT2D eigenvalue weighted by atomic mass is 9.77. The van der Waals surface area contributed by atoms with Crippen molar-refractivity contribution in [1.82, 2.24) is 0 Å². The Morgan fingerprint density at radius 1 is 1.35 bits per heavy atom. The van der Waals surface area contributed by atoms with Crippen LogP contribution < -0.4 is 4.74 Å². The minimum atomic E-state index is -0.971. The van der Waals surface area contributed by atoms with Gasteiger partial charge in [0.2, 0.25) is 0 Å². The van der Waals surface area contributed by atoms with Gasteiger partial charge in [-0.3, -0.25) is 4.79 Å². The van der Waals surface area contributed by atoms with Gasteiger partial charge in [-0.05, 0) is 18.9 Å². The summed E-state index contributed by atoms with van der Waals surface area (Å²) in [6.07, 6.45) is 2.81. The SMILES string of the molecule is COCc1c(F)ccc(C2(C(=O)O)CCCC2)c1OC. The number of hydrogen-bond donors (Lipinski definition) is 1. The number of hydrogen-bond acceptors (Lipinski definition) is 3. The van der Waals surface area contributed by atoms with Crippen molar-refractivity contribution in [2.45, 2.75) is 37.7 Å². The maximum Gasteiger partial charge on any atom is 0.314 e. The summed E-state index contributed by atoms with van der Waals surface area (Å²) >= 11 is 0.